The number of hydrogen-bond donors (Lipinski definition) is 2. The summed E-state index contributed by atoms with van der Waals surface area (Å²) in [5, 5.41) is 7.83. The molecule has 0 amide bonds. The van der Waals surface area contributed by atoms with E-state index in [1.807, 2.05) is 0 Å². The van der Waals surface area contributed by atoms with Crippen LogP contribution in [-0.2, 0) is 5.60 Å². The van der Waals surface area contributed by atoms with Crippen molar-refractivity contribution in [2.45, 2.75) is 18.0 Å². The summed E-state index contributed by atoms with van der Waals surface area (Å²) in [6, 6.07) is 0.535. The third-order valence-corrected chi connectivity index (χ3v) is 2.94. The van der Waals surface area contributed by atoms with Crippen molar-refractivity contribution in [1.29, 1.82) is 0 Å². The number of rotatable bonds is 1. The molecule has 0 atom stereocenters. The molecule has 0 spiro atoms. The maximum atomic E-state index is 12.6. The molecular weight excluding hydrogens is 323 g/mol. The Kier molecular flexibility index (Phi) is 3.92. The van der Waals surface area contributed by atoms with Crippen molar-refractivity contribution < 1.29 is 31.4 Å². The Balaban J connectivity index is 3.62. The standard InChI is InChI=1S/C9H5Cl2F6NO/c10-4-1-3(2-5(11)6(4)18)7(19,8(12,13)14)9(15,16)17/h1-2,19H,18H2. The summed E-state index contributed by atoms with van der Waals surface area (Å²) in [6.45, 7) is 0. The van der Waals surface area contributed by atoms with E-state index in [1.54, 1.807) is 0 Å². The highest BCUT2D eigenvalue weighted by Crippen LogP contribution is 2.51. The van der Waals surface area contributed by atoms with E-state index >= 15 is 0 Å². The van der Waals surface area contributed by atoms with Gasteiger partial charge in [-0.15, -0.1) is 0 Å². The van der Waals surface area contributed by atoms with E-state index in [4.69, 9.17) is 34.0 Å². The van der Waals surface area contributed by atoms with Crippen molar-refractivity contribution in [3.05, 3.63) is 27.7 Å². The summed E-state index contributed by atoms with van der Waals surface area (Å²) in [7, 11) is 0. The van der Waals surface area contributed by atoms with Gasteiger partial charge in [-0.2, -0.15) is 26.3 Å². The van der Waals surface area contributed by atoms with Gasteiger partial charge in [0.1, 0.15) is 0 Å². The van der Waals surface area contributed by atoms with Gasteiger partial charge in [-0.1, -0.05) is 23.2 Å². The van der Waals surface area contributed by atoms with Crippen molar-refractivity contribution in [2.24, 2.45) is 0 Å². The molecule has 0 radical (unpaired) electrons. The van der Waals surface area contributed by atoms with Gasteiger partial charge in [0, 0.05) is 5.56 Å². The number of alkyl halides is 6. The monoisotopic (exact) mass is 327 g/mol. The van der Waals surface area contributed by atoms with Crippen LogP contribution in [0.5, 0.6) is 0 Å². The zero-order valence-corrected chi connectivity index (χ0v) is 10.2. The predicted octanol–water partition coefficient (Wildman–Crippen LogP) is 3.89. The Morgan fingerprint density at radius 3 is 1.47 bits per heavy atom. The minimum Gasteiger partial charge on any atom is -0.396 e. The first-order chi connectivity index (χ1) is 8.32. The van der Waals surface area contributed by atoms with E-state index in [2.05, 4.69) is 0 Å². The van der Waals surface area contributed by atoms with Gasteiger partial charge in [0.15, 0.2) is 0 Å². The highest BCUT2D eigenvalue weighted by Gasteiger charge is 2.71. The van der Waals surface area contributed by atoms with Crippen molar-refractivity contribution in [2.75, 3.05) is 5.73 Å². The van der Waals surface area contributed by atoms with E-state index in [0.717, 1.165) is 0 Å². The third kappa shape index (κ3) is 2.56. The molecule has 0 saturated carbocycles. The Hall–Kier alpha value is -0.860. The number of nitrogen functional groups attached to an aromatic ring is 1. The van der Waals surface area contributed by atoms with Gasteiger partial charge in [0.05, 0.1) is 15.7 Å². The lowest BCUT2D eigenvalue weighted by molar-refractivity contribution is -0.376. The van der Waals surface area contributed by atoms with Crippen LogP contribution in [0.15, 0.2) is 12.1 Å². The average molecular weight is 328 g/mol. The van der Waals surface area contributed by atoms with Gasteiger partial charge in [-0.05, 0) is 12.1 Å². The Morgan fingerprint density at radius 2 is 1.21 bits per heavy atom. The van der Waals surface area contributed by atoms with Crippen LogP contribution < -0.4 is 5.73 Å². The summed E-state index contributed by atoms with van der Waals surface area (Å²) >= 11 is 10.7. The fourth-order valence-electron chi connectivity index (χ4n) is 1.28. The van der Waals surface area contributed by atoms with Crippen LogP contribution in [0.4, 0.5) is 32.0 Å². The summed E-state index contributed by atoms with van der Waals surface area (Å²) in [5.41, 5.74) is -1.83. The minimum atomic E-state index is -6.01. The molecule has 0 aliphatic carbocycles. The average Bonchev–Trinajstić information content (AvgIpc) is 2.20. The first-order valence-corrected chi connectivity index (χ1v) is 5.18. The van der Waals surface area contributed by atoms with Crippen molar-refractivity contribution in [3.8, 4) is 0 Å². The highest BCUT2D eigenvalue weighted by molar-refractivity contribution is 6.38. The molecule has 0 unspecified atom stereocenters. The van der Waals surface area contributed by atoms with Crippen LogP contribution in [0.2, 0.25) is 10.0 Å². The zero-order valence-electron chi connectivity index (χ0n) is 8.70. The summed E-state index contributed by atoms with van der Waals surface area (Å²) in [5.74, 6) is 0. The molecule has 1 aromatic carbocycles. The second-order valence-corrected chi connectivity index (χ2v) is 4.37. The number of benzene rings is 1. The van der Waals surface area contributed by atoms with Gasteiger partial charge < -0.3 is 10.8 Å². The molecule has 0 aliphatic rings. The van der Waals surface area contributed by atoms with Crippen LogP contribution in [0.3, 0.4) is 0 Å². The third-order valence-electron chi connectivity index (χ3n) is 2.32. The van der Waals surface area contributed by atoms with Gasteiger partial charge in [-0.3, -0.25) is 0 Å². The second-order valence-electron chi connectivity index (χ2n) is 3.56. The molecule has 1 rings (SSSR count). The second kappa shape index (κ2) is 4.60. The van der Waals surface area contributed by atoms with Gasteiger partial charge in [0.25, 0.3) is 5.60 Å². The zero-order chi connectivity index (χ0) is 15.2. The van der Waals surface area contributed by atoms with Crippen LogP contribution in [-0.4, -0.2) is 17.5 Å². The summed E-state index contributed by atoms with van der Waals surface area (Å²) in [4.78, 5) is 0. The lowest BCUT2D eigenvalue weighted by Gasteiger charge is -2.33. The molecule has 0 saturated heterocycles. The Bertz CT molecular complexity index is 461. The van der Waals surface area contributed by atoms with E-state index in [-0.39, 0.29) is 12.1 Å². The van der Waals surface area contributed by atoms with Gasteiger partial charge in [0.2, 0.25) is 0 Å². The van der Waals surface area contributed by atoms with Crippen LogP contribution >= 0.6 is 23.2 Å². The van der Waals surface area contributed by atoms with Crippen molar-refractivity contribution in [3.63, 3.8) is 0 Å². The topological polar surface area (TPSA) is 46.2 Å². The molecule has 0 bridgehead atoms. The summed E-state index contributed by atoms with van der Waals surface area (Å²) in [6.07, 6.45) is -12.0. The number of nitrogens with two attached hydrogens (primary N) is 1. The Morgan fingerprint density at radius 1 is 0.895 bits per heavy atom. The SMILES string of the molecule is Nc1c(Cl)cc(C(O)(C(F)(F)F)C(F)(F)F)cc1Cl. The molecule has 0 fully saturated rings. The maximum Gasteiger partial charge on any atom is 0.430 e. The van der Waals surface area contributed by atoms with E-state index in [0.29, 0.717) is 0 Å². The fourth-order valence-corrected chi connectivity index (χ4v) is 1.77. The van der Waals surface area contributed by atoms with Gasteiger partial charge in [-0.25, -0.2) is 0 Å². The largest absolute Gasteiger partial charge is 0.430 e. The quantitative estimate of drug-likeness (QED) is 0.607. The lowest BCUT2D eigenvalue weighted by Crippen LogP contribution is -2.53. The minimum absolute atomic E-state index is 0.268. The first kappa shape index (κ1) is 16.2. The lowest BCUT2D eigenvalue weighted by atomic mass is 9.92. The van der Waals surface area contributed by atoms with E-state index in [1.165, 1.54) is 0 Å². The first-order valence-electron chi connectivity index (χ1n) is 4.43. The number of hydrogen-bond acceptors (Lipinski definition) is 2. The highest BCUT2D eigenvalue weighted by atomic mass is 35.5. The maximum absolute atomic E-state index is 12.6. The molecule has 10 heteroatoms. The van der Waals surface area contributed by atoms with Crippen LogP contribution in [0.25, 0.3) is 0 Å². The van der Waals surface area contributed by atoms with Crippen molar-refractivity contribution in [1.82, 2.24) is 0 Å². The molecule has 0 aliphatic heterocycles. The molecule has 0 heterocycles. The number of halogens is 8. The number of anilines is 1. The Labute approximate surface area is 112 Å². The molecule has 3 N–H and O–H groups in total. The molecule has 19 heavy (non-hydrogen) atoms. The normalized spacial score (nSPS) is 13.7. The molecule has 108 valence electrons. The molecule has 0 aromatic heterocycles. The predicted molar refractivity (Wildman–Crippen MR) is 56.9 cm³/mol. The van der Waals surface area contributed by atoms with E-state index in [9.17, 15) is 26.3 Å². The van der Waals surface area contributed by atoms with Crippen LogP contribution in [0, 0.1) is 0 Å². The van der Waals surface area contributed by atoms with Crippen molar-refractivity contribution >= 4 is 28.9 Å². The smallest absolute Gasteiger partial charge is 0.396 e. The molecular formula is C9H5Cl2F6NO. The van der Waals surface area contributed by atoms with Crippen LogP contribution in [0.1, 0.15) is 5.56 Å². The van der Waals surface area contributed by atoms with E-state index < -0.39 is 39.2 Å². The summed E-state index contributed by atoms with van der Waals surface area (Å²) < 4.78 is 75.4. The molecule has 1 aromatic rings. The molecule has 2 nitrogen and oxygen atoms in total. The fraction of sp³-hybridized carbons (Fsp3) is 0.333. The number of aliphatic hydroxyl groups is 1. The van der Waals surface area contributed by atoms with Gasteiger partial charge >= 0.3 is 12.4 Å².